The predicted molar refractivity (Wildman–Crippen MR) is 90.8 cm³/mol. The van der Waals surface area contributed by atoms with Crippen molar-refractivity contribution in [2.45, 2.75) is 13.1 Å². The van der Waals surface area contributed by atoms with E-state index in [4.69, 9.17) is 11.6 Å². The van der Waals surface area contributed by atoms with E-state index in [0.717, 1.165) is 16.7 Å². The van der Waals surface area contributed by atoms with Crippen molar-refractivity contribution < 1.29 is 23.1 Å². The fourth-order valence-corrected chi connectivity index (χ4v) is 2.83. The Hall–Kier alpha value is -2.74. The summed E-state index contributed by atoms with van der Waals surface area (Å²) in [5.41, 5.74) is -0.223. The number of halogens is 4. The smallest absolute Gasteiger partial charge is 0.417 e. The highest BCUT2D eigenvalue weighted by Crippen LogP contribution is 2.33. The number of rotatable bonds is 2. The maximum Gasteiger partial charge on any atom is 0.417 e. The number of carbonyl (C=O) groups excluding carboxylic acids is 1. The molecule has 0 bridgehead atoms. The molecular weight excluding hydrogens is 371 g/mol. The number of hydrogen-bond acceptors (Lipinski definition) is 3. The first-order valence-electron chi connectivity index (χ1n) is 7.42. The molecule has 3 aromatic rings. The van der Waals surface area contributed by atoms with Crippen LogP contribution >= 0.6 is 11.6 Å². The Kier molecular flexibility index (Phi) is 4.31. The van der Waals surface area contributed by atoms with Gasteiger partial charge in [0.2, 0.25) is 0 Å². The van der Waals surface area contributed by atoms with Crippen molar-refractivity contribution in [2.75, 3.05) is 11.9 Å². The van der Waals surface area contributed by atoms with Crippen molar-refractivity contribution >= 4 is 28.8 Å². The summed E-state index contributed by atoms with van der Waals surface area (Å²) >= 11 is 5.94. The number of anilines is 1. The quantitative estimate of drug-likeness (QED) is 0.718. The SMILES string of the molecule is Cc1nc2c(Cl)cc(C(F)(F)F)cn2c1C(=O)N(C)c1ccc(O)cc1. The van der Waals surface area contributed by atoms with Gasteiger partial charge in [0.1, 0.15) is 11.4 Å². The summed E-state index contributed by atoms with van der Waals surface area (Å²) in [5, 5.41) is 9.15. The highest BCUT2D eigenvalue weighted by molar-refractivity contribution is 6.33. The average Bonchev–Trinajstić information content (AvgIpc) is 2.90. The highest BCUT2D eigenvalue weighted by atomic mass is 35.5. The van der Waals surface area contributed by atoms with Crippen LogP contribution in [0.15, 0.2) is 36.5 Å². The van der Waals surface area contributed by atoms with Gasteiger partial charge in [-0.15, -0.1) is 0 Å². The van der Waals surface area contributed by atoms with Crippen LogP contribution in [0.1, 0.15) is 21.7 Å². The lowest BCUT2D eigenvalue weighted by Crippen LogP contribution is -2.28. The van der Waals surface area contributed by atoms with Crippen LogP contribution in [0.4, 0.5) is 18.9 Å². The Bertz CT molecular complexity index is 997. The molecule has 0 saturated carbocycles. The van der Waals surface area contributed by atoms with E-state index in [1.165, 1.54) is 43.1 Å². The number of nitrogens with zero attached hydrogens (tertiary/aromatic N) is 3. The summed E-state index contributed by atoms with van der Waals surface area (Å²) in [6.07, 6.45) is -3.81. The second-order valence-corrected chi connectivity index (χ2v) is 6.10. The third-order valence-electron chi connectivity index (χ3n) is 3.92. The van der Waals surface area contributed by atoms with E-state index in [1.807, 2.05) is 0 Å². The van der Waals surface area contributed by atoms with Crippen LogP contribution in [-0.4, -0.2) is 27.4 Å². The van der Waals surface area contributed by atoms with Crippen LogP contribution in [-0.2, 0) is 6.18 Å². The Balaban J connectivity index is 2.14. The lowest BCUT2D eigenvalue weighted by Gasteiger charge is -2.18. The third-order valence-corrected chi connectivity index (χ3v) is 4.20. The molecule has 1 aromatic carbocycles. The second kappa shape index (κ2) is 6.21. The Morgan fingerprint density at radius 3 is 2.46 bits per heavy atom. The van der Waals surface area contributed by atoms with E-state index in [0.29, 0.717) is 5.69 Å². The van der Waals surface area contributed by atoms with Crippen LogP contribution in [0.25, 0.3) is 5.65 Å². The van der Waals surface area contributed by atoms with Gasteiger partial charge in [0.05, 0.1) is 16.3 Å². The number of amides is 1. The van der Waals surface area contributed by atoms with Crippen molar-refractivity contribution in [1.82, 2.24) is 9.38 Å². The van der Waals surface area contributed by atoms with Crippen LogP contribution in [0.3, 0.4) is 0 Å². The lowest BCUT2D eigenvalue weighted by atomic mass is 10.2. The number of aromatic hydroxyl groups is 1. The van der Waals surface area contributed by atoms with Crippen molar-refractivity contribution in [1.29, 1.82) is 0 Å². The molecule has 0 radical (unpaired) electrons. The molecule has 0 atom stereocenters. The fraction of sp³-hybridized carbons (Fsp3) is 0.176. The number of aryl methyl sites for hydroxylation is 1. The Morgan fingerprint density at radius 2 is 1.88 bits per heavy atom. The number of carbonyl (C=O) groups is 1. The first kappa shape index (κ1) is 18.1. The van der Waals surface area contributed by atoms with Gasteiger partial charge in [-0.25, -0.2) is 4.98 Å². The summed E-state index contributed by atoms with van der Waals surface area (Å²) in [6.45, 7) is 1.52. The summed E-state index contributed by atoms with van der Waals surface area (Å²) in [4.78, 5) is 18.3. The first-order valence-corrected chi connectivity index (χ1v) is 7.80. The summed E-state index contributed by atoms with van der Waals surface area (Å²) < 4.78 is 40.3. The second-order valence-electron chi connectivity index (χ2n) is 5.69. The monoisotopic (exact) mass is 383 g/mol. The average molecular weight is 384 g/mol. The van der Waals surface area contributed by atoms with Gasteiger partial charge in [-0.2, -0.15) is 13.2 Å². The molecule has 5 nitrogen and oxygen atoms in total. The van der Waals surface area contributed by atoms with Gasteiger partial charge in [-0.05, 0) is 37.3 Å². The number of pyridine rings is 1. The van der Waals surface area contributed by atoms with E-state index >= 15 is 0 Å². The van der Waals surface area contributed by atoms with Crippen LogP contribution < -0.4 is 4.90 Å². The number of benzene rings is 1. The van der Waals surface area contributed by atoms with Gasteiger partial charge < -0.3 is 10.0 Å². The van der Waals surface area contributed by atoms with Crippen molar-refractivity contribution in [3.8, 4) is 5.75 Å². The number of fused-ring (bicyclic) bond motifs is 1. The predicted octanol–water partition coefficient (Wildman–Crippen LogP) is 4.30. The molecule has 136 valence electrons. The molecule has 0 spiro atoms. The number of phenols is 1. The van der Waals surface area contributed by atoms with Crippen LogP contribution in [0.2, 0.25) is 5.02 Å². The van der Waals surface area contributed by atoms with Crippen molar-refractivity contribution in [2.24, 2.45) is 0 Å². The molecule has 1 amide bonds. The largest absolute Gasteiger partial charge is 0.508 e. The van der Waals surface area contributed by atoms with Crippen molar-refractivity contribution in [3.63, 3.8) is 0 Å². The summed E-state index contributed by atoms with van der Waals surface area (Å²) in [5.74, 6) is -0.529. The minimum Gasteiger partial charge on any atom is -0.508 e. The molecule has 0 fully saturated rings. The third kappa shape index (κ3) is 3.08. The minimum atomic E-state index is -4.61. The van der Waals surface area contributed by atoms with Crippen LogP contribution in [0.5, 0.6) is 5.75 Å². The van der Waals surface area contributed by atoms with E-state index in [1.54, 1.807) is 0 Å². The summed E-state index contributed by atoms with van der Waals surface area (Å²) in [7, 11) is 1.47. The fourth-order valence-electron chi connectivity index (χ4n) is 2.58. The molecule has 0 unspecified atom stereocenters. The number of phenolic OH excluding ortho intramolecular Hbond substituents is 1. The van der Waals surface area contributed by atoms with E-state index < -0.39 is 17.6 Å². The Labute approximate surface area is 151 Å². The van der Waals surface area contributed by atoms with Crippen LogP contribution in [0, 0.1) is 6.92 Å². The van der Waals surface area contributed by atoms with Gasteiger partial charge in [0.15, 0.2) is 5.65 Å². The molecule has 2 aromatic heterocycles. The number of hydrogen-bond donors (Lipinski definition) is 1. The topological polar surface area (TPSA) is 57.8 Å². The molecule has 0 saturated heterocycles. The zero-order chi connectivity index (χ0) is 19.2. The van der Waals surface area contributed by atoms with Gasteiger partial charge in [0.25, 0.3) is 5.91 Å². The van der Waals surface area contributed by atoms with Gasteiger partial charge in [-0.1, -0.05) is 11.6 Å². The van der Waals surface area contributed by atoms with Gasteiger partial charge in [0, 0.05) is 18.9 Å². The zero-order valence-electron chi connectivity index (χ0n) is 13.7. The molecule has 0 aliphatic rings. The molecule has 0 aliphatic heterocycles. The van der Waals surface area contributed by atoms with Crippen molar-refractivity contribution in [3.05, 3.63) is 58.5 Å². The highest BCUT2D eigenvalue weighted by Gasteiger charge is 2.33. The van der Waals surface area contributed by atoms with E-state index in [-0.39, 0.29) is 27.8 Å². The number of aromatic nitrogens is 2. The molecule has 1 N–H and O–H groups in total. The van der Waals surface area contributed by atoms with E-state index in [9.17, 15) is 23.1 Å². The maximum absolute atomic E-state index is 13.1. The zero-order valence-corrected chi connectivity index (χ0v) is 14.4. The van der Waals surface area contributed by atoms with Gasteiger partial charge in [-0.3, -0.25) is 9.20 Å². The molecular formula is C17H13ClF3N3O2. The normalized spacial score (nSPS) is 11.8. The first-order chi connectivity index (χ1) is 12.1. The minimum absolute atomic E-state index is 0.0245. The van der Waals surface area contributed by atoms with E-state index in [2.05, 4.69) is 4.98 Å². The van der Waals surface area contributed by atoms with Gasteiger partial charge >= 0.3 is 6.18 Å². The standard InChI is InChI=1S/C17H13ClF3N3O2/c1-9-14(16(26)23(2)11-3-5-12(25)6-4-11)24-8-10(17(19,20)21)7-13(18)15(24)22-9/h3-8,25H,1-2H3. The summed E-state index contributed by atoms with van der Waals surface area (Å²) in [6, 6.07) is 6.61. The number of alkyl halides is 3. The number of imidazole rings is 1. The molecule has 0 aliphatic carbocycles. The molecule has 26 heavy (non-hydrogen) atoms. The Morgan fingerprint density at radius 1 is 1.27 bits per heavy atom. The molecule has 3 rings (SSSR count). The molecule has 9 heteroatoms. The molecule has 2 heterocycles. The lowest BCUT2D eigenvalue weighted by molar-refractivity contribution is -0.137. The maximum atomic E-state index is 13.1.